The lowest BCUT2D eigenvalue weighted by molar-refractivity contribution is -0.119. The van der Waals surface area contributed by atoms with Gasteiger partial charge in [0, 0.05) is 23.6 Å². The molecule has 1 atom stereocenters. The smallest absolute Gasteiger partial charge is 0.387 e. The zero-order valence-corrected chi connectivity index (χ0v) is 15.8. The summed E-state index contributed by atoms with van der Waals surface area (Å²) in [7, 11) is -3.46. The Kier molecular flexibility index (Phi) is 5.67. The lowest BCUT2D eigenvalue weighted by Gasteiger charge is -2.20. The largest absolute Gasteiger partial charge is 0.435 e. The van der Waals surface area contributed by atoms with Gasteiger partial charge in [-0.3, -0.25) is 10.1 Å². The van der Waals surface area contributed by atoms with Gasteiger partial charge in [0.15, 0.2) is 5.82 Å². The molecule has 146 valence electrons. The van der Waals surface area contributed by atoms with Crippen molar-refractivity contribution in [3.05, 3.63) is 24.3 Å². The second-order valence-corrected chi connectivity index (χ2v) is 8.53. The molecular weight excluding hydrogens is 402 g/mol. The Labute approximate surface area is 158 Å². The lowest BCUT2D eigenvalue weighted by Crippen LogP contribution is -2.42. The summed E-state index contributed by atoms with van der Waals surface area (Å²) in [5, 5.41) is 2.81. The minimum absolute atomic E-state index is 0.0135. The Hall–Kier alpha value is -2.18. The van der Waals surface area contributed by atoms with E-state index in [-0.39, 0.29) is 10.9 Å². The van der Waals surface area contributed by atoms with Gasteiger partial charge in [-0.05, 0) is 37.1 Å². The van der Waals surface area contributed by atoms with Crippen molar-refractivity contribution in [3.63, 3.8) is 0 Å². The fraction of sp³-hybridized carbons (Fsp3) is 0.400. The van der Waals surface area contributed by atoms with Gasteiger partial charge >= 0.3 is 6.61 Å². The summed E-state index contributed by atoms with van der Waals surface area (Å²) < 4.78 is 57.4. The first-order valence-electron chi connectivity index (χ1n) is 7.90. The van der Waals surface area contributed by atoms with Gasteiger partial charge in [0.25, 0.3) is 0 Å². The van der Waals surface area contributed by atoms with Gasteiger partial charge in [0.2, 0.25) is 21.1 Å². The number of hydrogen-bond donors (Lipinski definition) is 1. The van der Waals surface area contributed by atoms with E-state index in [0.717, 1.165) is 17.8 Å². The molecule has 0 aliphatic carbocycles. The number of nitrogens with zero attached hydrogens (tertiary/aromatic N) is 3. The number of halogens is 2. The van der Waals surface area contributed by atoms with Crippen molar-refractivity contribution in [2.75, 3.05) is 18.1 Å². The predicted octanol–water partition coefficient (Wildman–Crippen LogP) is 2.17. The van der Waals surface area contributed by atoms with Crippen LogP contribution in [0.2, 0.25) is 0 Å². The molecule has 1 saturated heterocycles. The van der Waals surface area contributed by atoms with Crippen LogP contribution in [-0.4, -0.2) is 53.4 Å². The number of alkyl halides is 2. The SMILES string of the molecule is CS(=O)(=O)N1CCCC1C(=O)Nc1nc(-c2ccc(OC(F)F)cc2)ns1. The molecule has 3 rings (SSSR count). The molecule has 1 aromatic carbocycles. The van der Waals surface area contributed by atoms with Gasteiger partial charge in [0.05, 0.1) is 6.26 Å². The van der Waals surface area contributed by atoms with Crippen LogP contribution in [0.15, 0.2) is 24.3 Å². The number of anilines is 1. The molecule has 0 bridgehead atoms. The van der Waals surface area contributed by atoms with Gasteiger partial charge in [-0.1, -0.05) is 0 Å². The van der Waals surface area contributed by atoms with Crippen LogP contribution >= 0.6 is 11.5 Å². The summed E-state index contributed by atoms with van der Waals surface area (Å²) >= 11 is 0.943. The van der Waals surface area contributed by atoms with Gasteiger partial charge < -0.3 is 4.74 Å². The molecule has 1 aliphatic rings. The maximum Gasteiger partial charge on any atom is 0.387 e. The Morgan fingerprint density at radius 2 is 2.07 bits per heavy atom. The van der Waals surface area contributed by atoms with Crippen molar-refractivity contribution < 1.29 is 26.7 Å². The van der Waals surface area contributed by atoms with Crippen molar-refractivity contribution in [1.82, 2.24) is 13.7 Å². The van der Waals surface area contributed by atoms with E-state index in [2.05, 4.69) is 19.4 Å². The average Bonchev–Trinajstić information content (AvgIpc) is 3.23. The number of rotatable bonds is 6. The van der Waals surface area contributed by atoms with Crippen molar-refractivity contribution >= 4 is 32.6 Å². The van der Waals surface area contributed by atoms with Gasteiger partial charge in [-0.15, -0.1) is 0 Å². The molecule has 8 nitrogen and oxygen atoms in total. The molecule has 0 spiro atoms. The van der Waals surface area contributed by atoms with E-state index in [9.17, 15) is 22.0 Å². The first-order valence-corrected chi connectivity index (χ1v) is 10.5. The quantitative estimate of drug-likeness (QED) is 0.772. The molecule has 1 unspecified atom stereocenters. The number of benzene rings is 1. The van der Waals surface area contributed by atoms with Crippen LogP contribution in [0, 0.1) is 0 Å². The Morgan fingerprint density at radius 3 is 2.70 bits per heavy atom. The first-order chi connectivity index (χ1) is 12.7. The molecular formula is C15H16F2N4O4S2. The fourth-order valence-corrected chi connectivity index (χ4v) is 4.48. The van der Waals surface area contributed by atoms with E-state index in [1.807, 2.05) is 0 Å². The van der Waals surface area contributed by atoms with Crippen LogP contribution in [0.3, 0.4) is 0 Å². The normalized spacial score (nSPS) is 18.0. The van der Waals surface area contributed by atoms with Gasteiger partial charge in [-0.2, -0.15) is 22.4 Å². The minimum atomic E-state index is -3.46. The molecule has 0 radical (unpaired) electrons. The predicted molar refractivity (Wildman–Crippen MR) is 95.2 cm³/mol. The number of sulfonamides is 1. The maximum absolute atomic E-state index is 12.4. The Balaban J connectivity index is 1.68. The van der Waals surface area contributed by atoms with E-state index in [1.165, 1.54) is 28.6 Å². The number of hydrogen-bond acceptors (Lipinski definition) is 7. The lowest BCUT2D eigenvalue weighted by atomic mass is 10.2. The topological polar surface area (TPSA) is 101 Å². The molecule has 1 aromatic heterocycles. The summed E-state index contributed by atoms with van der Waals surface area (Å²) in [6.45, 7) is -2.59. The second kappa shape index (κ2) is 7.82. The standard InChI is InChI=1S/C15H16F2N4O4S2/c1-27(23,24)21-8-2-3-11(21)13(22)19-15-18-12(20-26-15)9-4-6-10(7-5-9)25-14(16)17/h4-7,11,14H,2-3,8H2,1H3,(H,18,19,20,22). The number of nitrogens with one attached hydrogen (secondary N) is 1. The Bertz CT molecular complexity index is 918. The Morgan fingerprint density at radius 1 is 1.37 bits per heavy atom. The summed E-state index contributed by atoms with van der Waals surface area (Å²) in [6, 6.07) is 5.01. The highest BCUT2D eigenvalue weighted by Gasteiger charge is 2.36. The maximum atomic E-state index is 12.4. The molecule has 12 heteroatoms. The molecule has 1 N–H and O–H groups in total. The van der Waals surface area contributed by atoms with Gasteiger partial charge in [0.1, 0.15) is 11.8 Å². The van der Waals surface area contributed by atoms with Crippen LogP contribution in [-0.2, 0) is 14.8 Å². The van der Waals surface area contributed by atoms with Crippen molar-refractivity contribution in [1.29, 1.82) is 0 Å². The summed E-state index contributed by atoms with van der Waals surface area (Å²) in [5.41, 5.74) is 0.562. The zero-order valence-electron chi connectivity index (χ0n) is 14.1. The van der Waals surface area contributed by atoms with E-state index in [0.29, 0.717) is 30.8 Å². The highest BCUT2D eigenvalue weighted by molar-refractivity contribution is 7.88. The number of aromatic nitrogens is 2. The first kappa shape index (κ1) is 19.6. The summed E-state index contributed by atoms with van der Waals surface area (Å²) in [6.07, 6.45) is 2.12. The van der Waals surface area contributed by atoms with E-state index in [1.54, 1.807) is 0 Å². The number of amides is 1. The number of ether oxygens (including phenoxy) is 1. The van der Waals surface area contributed by atoms with Crippen LogP contribution in [0.25, 0.3) is 11.4 Å². The molecule has 1 aliphatic heterocycles. The molecule has 27 heavy (non-hydrogen) atoms. The van der Waals surface area contributed by atoms with Crippen LogP contribution < -0.4 is 10.1 Å². The molecule has 1 fully saturated rings. The summed E-state index contributed by atoms with van der Waals surface area (Å²) in [4.78, 5) is 16.6. The van der Waals surface area contributed by atoms with Crippen LogP contribution in [0.4, 0.5) is 13.9 Å². The third-order valence-electron chi connectivity index (χ3n) is 3.93. The highest BCUT2D eigenvalue weighted by Crippen LogP contribution is 2.26. The van der Waals surface area contributed by atoms with Crippen molar-refractivity contribution in [2.45, 2.75) is 25.5 Å². The monoisotopic (exact) mass is 418 g/mol. The van der Waals surface area contributed by atoms with E-state index in [4.69, 9.17) is 0 Å². The minimum Gasteiger partial charge on any atom is -0.435 e. The van der Waals surface area contributed by atoms with Crippen molar-refractivity contribution in [2.24, 2.45) is 0 Å². The number of carbonyl (C=O) groups excluding carboxylic acids is 1. The fourth-order valence-electron chi connectivity index (χ4n) is 2.76. The second-order valence-electron chi connectivity index (χ2n) is 5.85. The zero-order chi connectivity index (χ0) is 19.6. The highest BCUT2D eigenvalue weighted by atomic mass is 32.2. The van der Waals surface area contributed by atoms with Crippen LogP contribution in [0.1, 0.15) is 12.8 Å². The average molecular weight is 418 g/mol. The number of carbonyl (C=O) groups is 1. The molecule has 2 aromatic rings. The summed E-state index contributed by atoms with van der Waals surface area (Å²) in [5.74, 6) is -0.133. The van der Waals surface area contributed by atoms with Crippen LogP contribution in [0.5, 0.6) is 5.75 Å². The molecule has 1 amide bonds. The van der Waals surface area contributed by atoms with Crippen molar-refractivity contribution in [3.8, 4) is 17.1 Å². The van der Waals surface area contributed by atoms with E-state index >= 15 is 0 Å². The third-order valence-corrected chi connectivity index (χ3v) is 5.85. The van der Waals surface area contributed by atoms with Gasteiger partial charge in [-0.25, -0.2) is 8.42 Å². The molecule has 0 saturated carbocycles. The third kappa shape index (κ3) is 4.76. The van der Waals surface area contributed by atoms with E-state index < -0.39 is 28.6 Å². The molecule has 2 heterocycles.